The Kier molecular flexibility index (Phi) is 1.05. The highest BCUT2D eigenvalue weighted by molar-refractivity contribution is 5.93. The average molecular weight is 142 g/mol. The summed E-state index contributed by atoms with van der Waals surface area (Å²) in [4.78, 5) is 21.4. The average Bonchev–Trinajstić information content (AvgIpc) is 2.28. The van der Waals surface area contributed by atoms with E-state index in [1.165, 1.54) is 0 Å². The zero-order chi connectivity index (χ0) is 7.14. The maximum atomic E-state index is 10.7. The second kappa shape index (κ2) is 1.79. The van der Waals surface area contributed by atoms with Crippen molar-refractivity contribution in [2.45, 2.75) is 25.0 Å². The summed E-state index contributed by atoms with van der Waals surface area (Å²) in [7, 11) is 0. The van der Waals surface area contributed by atoms with Gasteiger partial charge >= 0.3 is 11.9 Å². The van der Waals surface area contributed by atoms with Crippen LogP contribution in [0, 0.1) is 0 Å². The van der Waals surface area contributed by atoms with Gasteiger partial charge in [0.05, 0.1) is 0 Å². The summed E-state index contributed by atoms with van der Waals surface area (Å²) >= 11 is 0. The molecule has 54 valence electrons. The Labute approximate surface area is 57.1 Å². The van der Waals surface area contributed by atoms with E-state index in [2.05, 4.69) is 4.74 Å². The highest BCUT2D eigenvalue weighted by atomic mass is 16.7. The predicted molar refractivity (Wildman–Crippen MR) is 29.0 cm³/mol. The Morgan fingerprint density at radius 2 is 1.60 bits per heavy atom. The van der Waals surface area contributed by atoms with Crippen LogP contribution < -0.4 is 0 Å². The lowest BCUT2D eigenvalue weighted by Gasteiger charge is -2.16. The summed E-state index contributed by atoms with van der Waals surface area (Å²) in [5, 5.41) is 0. The van der Waals surface area contributed by atoms with Crippen molar-refractivity contribution >= 4 is 11.9 Å². The van der Waals surface area contributed by atoms with E-state index in [0.29, 0.717) is 12.8 Å². The first kappa shape index (κ1) is 5.85. The molecule has 2 aliphatic rings. The molecule has 0 N–H and O–H groups in total. The van der Waals surface area contributed by atoms with E-state index >= 15 is 0 Å². The van der Waals surface area contributed by atoms with Crippen molar-refractivity contribution in [2.75, 3.05) is 0 Å². The predicted octanol–water partition coefficient (Wildman–Crippen LogP) is -0.383. The second-order valence-electron chi connectivity index (χ2n) is 2.43. The van der Waals surface area contributed by atoms with Gasteiger partial charge < -0.3 is 9.47 Å². The number of hydrogen-bond acceptors (Lipinski definition) is 4. The molecule has 4 nitrogen and oxygen atoms in total. The number of ether oxygens (including phenoxy) is 2. The van der Waals surface area contributed by atoms with Gasteiger partial charge in [0, 0.05) is 0 Å². The summed E-state index contributed by atoms with van der Waals surface area (Å²) in [6, 6.07) is 0. The smallest absolute Gasteiger partial charge is 0.342 e. The number of cyclic esters (lactones) is 2. The number of esters is 2. The largest absolute Gasteiger partial charge is 0.389 e. The molecule has 2 fully saturated rings. The molecule has 0 aromatic rings. The molecule has 2 bridgehead atoms. The lowest BCUT2D eigenvalue weighted by Crippen LogP contribution is -2.37. The van der Waals surface area contributed by atoms with E-state index in [9.17, 15) is 9.59 Å². The third kappa shape index (κ3) is 0.654. The van der Waals surface area contributed by atoms with Gasteiger partial charge in [0.2, 0.25) is 0 Å². The number of hydrogen-bond donors (Lipinski definition) is 0. The van der Waals surface area contributed by atoms with Gasteiger partial charge in [-0.2, -0.15) is 0 Å². The molecule has 2 atom stereocenters. The van der Waals surface area contributed by atoms with Crippen LogP contribution in [0.3, 0.4) is 0 Å². The molecule has 4 heteroatoms. The zero-order valence-electron chi connectivity index (χ0n) is 5.20. The third-order valence-electron chi connectivity index (χ3n) is 1.75. The van der Waals surface area contributed by atoms with Gasteiger partial charge in [-0.05, 0) is 12.8 Å². The van der Waals surface area contributed by atoms with Crippen LogP contribution in [-0.4, -0.2) is 24.1 Å². The molecule has 0 aromatic heterocycles. The molecule has 2 rings (SSSR count). The fourth-order valence-electron chi connectivity index (χ4n) is 1.21. The van der Waals surface area contributed by atoms with Crippen LogP contribution in [0.1, 0.15) is 12.8 Å². The Bertz CT molecular complexity index is 178. The molecule has 0 amide bonds. The Balaban J connectivity index is 2.24. The summed E-state index contributed by atoms with van der Waals surface area (Å²) in [6.45, 7) is 0. The van der Waals surface area contributed by atoms with E-state index in [4.69, 9.17) is 4.74 Å². The number of carbonyl (C=O) groups excluding carboxylic acids is 2. The highest BCUT2D eigenvalue weighted by Crippen LogP contribution is 2.25. The molecular formula is C6H6O4. The third-order valence-corrected chi connectivity index (χ3v) is 1.75. The van der Waals surface area contributed by atoms with Crippen molar-refractivity contribution in [1.29, 1.82) is 0 Å². The summed E-state index contributed by atoms with van der Waals surface area (Å²) in [6.07, 6.45) is 0.301. The van der Waals surface area contributed by atoms with Gasteiger partial charge in [-0.3, -0.25) is 0 Å². The summed E-state index contributed by atoms with van der Waals surface area (Å²) in [5.74, 6) is -1.06. The second-order valence-corrected chi connectivity index (χ2v) is 2.43. The van der Waals surface area contributed by atoms with Gasteiger partial charge in [0.25, 0.3) is 0 Å². The molecule has 2 saturated heterocycles. The first-order valence-corrected chi connectivity index (χ1v) is 3.18. The number of carbonyl (C=O) groups is 2. The number of rotatable bonds is 0. The van der Waals surface area contributed by atoms with Gasteiger partial charge in [0.15, 0.2) is 12.2 Å². The fraction of sp³-hybridized carbons (Fsp3) is 0.667. The Hall–Kier alpha value is -0.900. The molecule has 10 heavy (non-hydrogen) atoms. The van der Waals surface area contributed by atoms with E-state index in [-0.39, 0.29) is 0 Å². The minimum atomic E-state index is -0.529. The maximum absolute atomic E-state index is 10.7. The molecule has 2 aliphatic heterocycles. The lowest BCUT2D eigenvalue weighted by molar-refractivity contribution is -0.185. The van der Waals surface area contributed by atoms with Gasteiger partial charge in [-0.25, -0.2) is 9.59 Å². The maximum Gasteiger partial charge on any atom is 0.342 e. The SMILES string of the molecule is O=C1OC(=O)[C@@H]2CC[C@@H]1O2. The molecule has 0 aromatic carbocycles. The van der Waals surface area contributed by atoms with Crippen LogP contribution in [0.15, 0.2) is 0 Å². The lowest BCUT2D eigenvalue weighted by atomic mass is 10.2. The van der Waals surface area contributed by atoms with Crippen molar-refractivity contribution in [3.63, 3.8) is 0 Å². The van der Waals surface area contributed by atoms with Crippen molar-refractivity contribution in [2.24, 2.45) is 0 Å². The number of fused-ring (bicyclic) bond motifs is 2. The Morgan fingerprint density at radius 3 is 2.10 bits per heavy atom. The van der Waals surface area contributed by atoms with E-state index in [1.54, 1.807) is 0 Å². The van der Waals surface area contributed by atoms with Crippen LogP contribution in [0.25, 0.3) is 0 Å². The summed E-state index contributed by atoms with van der Waals surface area (Å²) in [5.41, 5.74) is 0. The highest BCUT2D eigenvalue weighted by Gasteiger charge is 2.43. The van der Waals surface area contributed by atoms with E-state index in [1.807, 2.05) is 0 Å². The van der Waals surface area contributed by atoms with Crippen LogP contribution >= 0.6 is 0 Å². The molecule has 0 radical (unpaired) electrons. The van der Waals surface area contributed by atoms with Crippen molar-refractivity contribution < 1.29 is 19.1 Å². The monoisotopic (exact) mass is 142 g/mol. The zero-order valence-corrected chi connectivity index (χ0v) is 5.20. The van der Waals surface area contributed by atoms with E-state index < -0.39 is 24.1 Å². The van der Waals surface area contributed by atoms with Crippen molar-refractivity contribution in [1.82, 2.24) is 0 Å². The topological polar surface area (TPSA) is 52.6 Å². The van der Waals surface area contributed by atoms with Crippen LogP contribution in [-0.2, 0) is 19.1 Å². The molecule has 0 spiro atoms. The molecule has 2 heterocycles. The van der Waals surface area contributed by atoms with Crippen molar-refractivity contribution in [3.8, 4) is 0 Å². The van der Waals surface area contributed by atoms with Crippen LogP contribution in [0.4, 0.5) is 0 Å². The van der Waals surface area contributed by atoms with Crippen LogP contribution in [0.2, 0.25) is 0 Å². The molecule has 0 saturated carbocycles. The first-order valence-electron chi connectivity index (χ1n) is 3.18. The molecule has 0 unspecified atom stereocenters. The van der Waals surface area contributed by atoms with Gasteiger partial charge in [-0.15, -0.1) is 0 Å². The minimum absolute atomic E-state index is 0.470. The fourth-order valence-corrected chi connectivity index (χ4v) is 1.21. The first-order chi connectivity index (χ1) is 4.77. The van der Waals surface area contributed by atoms with Gasteiger partial charge in [0.1, 0.15) is 0 Å². The van der Waals surface area contributed by atoms with Crippen LogP contribution in [0.5, 0.6) is 0 Å². The Morgan fingerprint density at radius 1 is 1.10 bits per heavy atom. The van der Waals surface area contributed by atoms with E-state index in [0.717, 1.165) is 0 Å². The normalized spacial score (nSPS) is 38.0. The molecular weight excluding hydrogens is 136 g/mol. The quantitative estimate of drug-likeness (QED) is 0.341. The molecule has 0 aliphatic carbocycles. The standard InChI is InChI=1S/C6H6O4/c7-5-3-1-2-4(9-3)6(8)10-5/h3-4H,1-2H2/t3-,4-/m0/s1. The van der Waals surface area contributed by atoms with Gasteiger partial charge in [-0.1, -0.05) is 0 Å². The van der Waals surface area contributed by atoms with Crippen molar-refractivity contribution in [3.05, 3.63) is 0 Å². The minimum Gasteiger partial charge on any atom is -0.389 e. The summed E-state index contributed by atoms with van der Waals surface area (Å²) < 4.78 is 9.37.